The standard InChI is InChI=1S/C21H36O3Si/c1-17(13-14-23-16-19-11-9-8-10-12-19)20(18(2)15-22)24-25(6,7)21(3,4)5/h8-12,15,17-18,20H,13-14,16H2,1-7H3/t17-,18+,20-/m1/s1. The second-order valence-electron chi connectivity index (χ2n) is 8.64. The second kappa shape index (κ2) is 9.65. The molecular weight excluding hydrogens is 328 g/mol. The van der Waals surface area contributed by atoms with Gasteiger partial charge in [-0.3, -0.25) is 0 Å². The average Bonchev–Trinajstić information content (AvgIpc) is 2.55. The molecule has 1 aromatic rings. The Morgan fingerprint density at radius 1 is 1.12 bits per heavy atom. The molecule has 0 spiro atoms. The van der Waals surface area contributed by atoms with Crippen LogP contribution in [0.15, 0.2) is 30.3 Å². The van der Waals surface area contributed by atoms with E-state index in [0.717, 1.165) is 12.7 Å². The maximum Gasteiger partial charge on any atom is 0.192 e. The topological polar surface area (TPSA) is 35.5 Å². The first-order chi connectivity index (χ1) is 11.6. The van der Waals surface area contributed by atoms with Crippen LogP contribution in [-0.4, -0.2) is 27.3 Å². The SMILES string of the molecule is C[C@H](CCOCc1ccccc1)[C@@H](O[Si](C)(C)C(C)(C)C)[C@@H](C)C=O. The monoisotopic (exact) mass is 364 g/mol. The molecule has 0 amide bonds. The van der Waals surface area contributed by atoms with E-state index in [0.29, 0.717) is 13.2 Å². The number of rotatable bonds is 10. The first-order valence-electron chi connectivity index (χ1n) is 9.33. The van der Waals surface area contributed by atoms with Crippen molar-refractivity contribution in [3.05, 3.63) is 35.9 Å². The van der Waals surface area contributed by atoms with Crippen LogP contribution in [0.2, 0.25) is 18.1 Å². The van der Waals surface area contributed by atoms with E-state index in [1.165, 1.54) is 5.56 Å². The van der Waals surface area contributed by atoms with Crippen LogP contribution >= 0.6 is 0 Å². The van der Waals surface area contributed by atoms with E-state index in [4.69, 9.17) is 9.16 Å². The summed E-state index contributed by atoms with van der Waals surface area (Å²) in [5.41, 5.74) is 1.19. The molecule has 0 unspecified atom stereocenters. The predicted molar refractivity (Wildman–Crippen MR) is 107 cm³/mol. The van der Waals surface area contributed by atoms with Crippen LogP contribution in [0.25, 0.3) is 0 Å². The highest BCUT2D eigenvalue weighted by Crippen LogP contribution is 2.39. The summed E-state index contributed by atoms with van der Waals surface area (Å²) in [6.45, 7) is 16.6. The molecule has 25 heavy (non-hydrogen) atoms. The van der Waals surface area contributed by atoms with E-state index >= 15 is 0 Å². The minimum absolute atomic E-state index is 0.0429. The maximum absolute atomic E-state index is 11.4. The molecule has 0 aliphatic carbocycles. The van der Waals surface area contributed by atoms with Crippen molar-refractivity contribution in [2.24, 2.45) is 11.8 Å². The van der Waals surface area contributed by atoms with Crippen molar-refractivity contribution in [2.45, 2.75) is 71.9 Å². The average molecular weight is 365 g/mol. The molecule has 0 saturated carbocycles. The smallest absolute Gasteiger partial charge is 0.192 e. The summed E-state index contributed by atoms with van der Waals surface area (Å²) in [7, 11) is -1.91. The zero-order valence-corrected chi connectivity index (χ0v) is 18.0. The molecule has 4 heteroatoms. The molecule has 0 saturated heterocycles. The molecule has 0 bridgehead atoms. The Balaban J connectivity index is 2.59. The predicted octanol–water partition coefficient (Wildman–Crippen LogP) is 5.45. The number of aldehydes is 1. The van der Waals surface area contributed by atoms with Gasteiger partial charge in [-0.15, -0.1) is 0 Å². The van der Waals surface area contributed by atoms with Crippen molar-refractivity contribution < 1.29 is 14.0 Å². The molecule has 0 aliphatic rings. The number of hydrogen-bond acceptors (Lipinski definition) is 3. The van der Waals surface area contributed by atoms with E-state index in [-0.39, 0.29) is 23.0 Å². The minimum Gasteiger partial charge on any atom is -0.413 e. The van der Waals surface area contributed by atoms with E-state index in [2.05, 4.69) is 52.9 Å². The molecule has 0 fully saturated rings. The fraction of sp³-hybridized carbons (Fsp3) is 0.667. The van der Waals surface area contributed by atoms with Gasteiger partial charge in [0.25, 0.3) is 0 Å². The van der Waals surface area contributed by atoms with Crippen molar-refractivity contribution in [1.29, 1.82) is 0 Å². The van der Waals surface area contributed by atoms with Crippen molar-refractivity contribution in [2.75, 3.05) is 6.61 Å². The molecule has 0 radical (unpaired) electrons. The van der Waals surface area contributed by atoms with Crippen LogP contribution in [0.1, 0.15) is 46.6 Å². The Bertz CT molecular complexity index is 508. The first kappa shape index (κ1) is 22.1. The summed E-state index contributed by atoms with van der Waals surface area (Å²) in [5.74, 6) is 0.184. The van der Waals surface area contributed by atoms with Gasteiger partial charge in [-0.25, -0.2) is 0 Å². The molecule has 1 rings (SSSR count). The highest BCUT2D eigenvalue weighted by molar-refractivity contribution is 6.74. The molecule has 142 valence electrons. The second-order valence-corrected chi connectivity index (χ2v) is 13.4. The van der Waals surface area contributed by atoms with Crippen molar-refractivity contribution in [3.63, 3.8) is 0 Å². The van der Waals surface area contributed by atoms with Crippen LogP contribution in [-0.2, 0) is 20.6 Å². The summed E-state index contributed by atoms with van der Waals surface area (Å²) >= 11 is 0. The van der Waals surface area contributed by atoms with E-state index in [1.54, 1.807) is 0 Å². The third kappa shape index (κ3) is 7.04. The number of ether oxygens (including phenoxy) is 1. The third-order valence-corrected chi connectivity index (χ3v) is 9.83. The molecule has 0 aromatic heterocycles. The van der Waals surface area contributed by atoms with E-state index < -0.39 is 8.32 Å². The molecule has 0 aliphatic heterocycles. The molecule has 0 N–H and O–H groups in total. The highest BCUT2D eigenvalue weighted by atomic mass is 28.4. The van der Waals surface area contributed by atoms with Crippen LogP contribution < -0.4 is 0 Å². The van der Waals surface area contributed by atoms with Crippen LogP contribution in [0.4, 0.5) is 0 Å². The Morgan fingerprint density at radius 3 is 2.24 bits per heavy atom. The summed E-state index contributed by atoms with van der Waals surface area (Å²) in [5, 5.41) is 0.136. The van der Waals surface area contributed by atoms with E-state index in [9.17, 15) is 4.79 Å². The summed E-state index contributed by atoms with van der Waals surface area (Å²) in [4.78, 5) is 11.4. The normalized spacial score (nSPS) is 16.3. The van der Waals surface area contributed by atoms with Gasteiger partial charge in [0.1, 0.15) is 6.29 Å². The zero-order valence-electron chi connectivity index (χ0n) is 17.0. The van der Waals surface area contributed by atoms with Gasteiger partial charge < -0.3 is 14.0 Å². The molecule has 0 heterocycles. The van der Waals surface area contributed by atoms with Crippen molar-refractivity contribution in [1.82, 2.24) is 0 Å². The third-order valence-electron chi connectivity index (χ3n) is 5.36. The Hall–Kier alpha value is -0.973. The van der Waals surface area contributed by atoms with Crippen LogP contribution in [0.5, 0.6) is 0 Å². The lowest BCUT2D eigenvalue weighted by atomic mass is 9.92. The van der Waals surface area contributed by atoms with Gasteiger partial charge in [-0.05, 0) is 36.0 Å². The van der Waals surface area contributed by atoms with Gasteiger partial charge in [0.05, 0.1) is 12.7 Å². The molecule has 1 aromatic carbocycles. The van der Waals surface area contributed by atoms with E-state index in [1.807, 2.05) is 25.1 Å². The summed E-state index contributed by atoms with van der Waals surface area (Å²) in [6, 6.07) is 10.2. The quantitative estimate of drug-likeness (QED) is 0.314. The lowest BCUT2D eigenvalue weighted by molar-refractivity contribution is -0.114. The maximum atomic E-state index is 11.4. The van der Waals surface area contributed by atoms with Crippen molar-refractivity contribution >= 4 is 14.6 Å². The number of carbonyl (C=O) groups excluding carboxylic acids is 1. The lowest BCUT2D eigenvalue weighted by Crippen LogP contribution is -2.47. The van der Waals surface area contributed by atoms with Gasteiger partial charge >= 0.3 is 0 Å². The van der Waals surface area contributed by atoms with Gasteiger partial charge in [0.15, 0.2) is 8.32 Å². The van der Waals surface area contributed by atoms with Gasteiger partial charge in [0.2, 0.25) is 0 Å². The molecule has 3 nitrogen and oxygen atoms in total. The number of carbonyl (C=O) groups is 1. The molecule has 3 atom stereocenters. The van der Waals surface area contributed by atoms with Gasteiger partial charge in [-0.1, -0.05) is 65.0 Å². The Morgan fingerprint density at radius 2 is 1.72 bits per heavy atom. The number of hydrogen-bond donors (Lipinski definition) is 0. The fourth-order valence-corrected chi connectivity index (χ4v) is 4.01. The fourth-order valence-electron chi connectivity index (χ4n) is 2.53. The Kier molecular flexibility index (Phi) is 8.52. The van der Waals surface area contributed by atoms with Gasteiger partial charge in [-0.2, -0.15) is 0 Å². The minimum atomic E-state index is -1.91. The summed E-state index contributed by atoms with van der Waals surface area (Å²) in [6.07, 6.45) is 1.88. The molecular formula is C21H36O3Si. The van der Waals surface area contributed by atoms with Crippen LogP contribution in [0.3, 0.4) is 0 Å². The van der Waals surface area contributed by atoms with Crippen molar-refractivity contribution in [3.8, 4) is 0 Å². The lowest BCUT2D eigenvalue weighted by Gasteiger charge is -2.42. The highest BCUT2D eigenvalue weighted by Gasteiger charge is 2.41. The number of benzene rings is 1. The first-order valence-corrected chi connectivity index (χ1v) is 12.2. The Labute approximate surface area is 155 Å². The zero-order chi connectivity index (χ0) is 19.1. The van der Waals surface area contributed by atoms with Gasteiger partial charge in [0, 0.05) is 12.5 Å². The largest absolute Gasteiger partial charge is 0.413 e. The summed E-state index contributed by atoms with van der Waals surface area (Å²) < 4.78 is 12.4. The van der Waals surface area contributed by atoms with Crippen LogP contribution in [0, 0.1) is 11.8 Å².